The van der Waals surface area contributed by atoms with Crippen molar-refractivity contribution >= 4 is 34.3 Å². The van der Waals surface area contributed by atoms with Gasteiger partial charge in [0.25, 0.3) is 0 Å². The minimum atomic E-state index is 0.0137. The zero-order chi connectivity index (χ0) is 13.9. The molecule has 2 fully saturated rings. The predicted molar refractivity (Wildman–Crippen MR) is 82.3 cm³/mol. The molecule has 110 valence electrons. The van der Waals surface area contributed by atoms with Crippen molar-refractivity contribution in [2.75, 3.05) is 42.7 Å². The second-order valence-electron chi connectivity index (χ2n) is 4.93. The lowest BCUT2D eigenvalue weighted by atomic mass is 10.2. The van der Waals surface area contributed by atoms with Crippen molar-refractivity contribution in [2.45, 2.75) is 19.4 Å². The average molecular weight is 313 g/mol. The molecule has 0 spiro atoms. The third-order valence-electron chi connectivity index (χ3n) is 3.65. The minimum absolute atomic E-state index is 0.0137. The third-order valence-corrected chi connectivity index (χ3v) is 5.40. The summed E-state index contributed by atoms with van der Waals surface area (Å²) in [6.07, 6.45) is 0.875. The Balaban J connectivity index is 1.55. The van der Waals surface area contributed by atoms with Crippen LogP contribution in [0.25, 0.3) is 0 Å². The molecule has 1 amide bonds. The first kappa shape index (κ1) is 14.1. The lowest BCUT2D eigenvalue weighted by molar-refractivity contribution is -0.132. The number of amides is 1. The van der Waals surface area contributed by atoms with Crippen LogP contribution in [-0.2, 0) is 11.2 Å². The summed E-state index contributed by atoms with van der Waals surface area (Å²) in [6.45, 7) is 5.33. The first-order valence-corrected chi connectivity index (χ1v) is 8.88. The first-order chi connectivity index (χ1) is 9.78. The highest BCUT2D eigenvalue weighted by atomic mass is 32.2. The van der Waals surface area contributed by atoms with Crippen molar-refractivity contribution in [3.05, 3.63) is 5.82 Å². The molecule has 20 heavy (non-hydrogen) atoms. The molecule has 1 aromatic heterocycles. The van der Waals surface area contributed by atoms with Gasteiger partial charge in [0, 0.05) is 55.8 Å². The van der Waals surface area contributed by atoms with Crippen LogP contribution in [0.3, 0.4) is 0 Å². The fourth-order valence-electron chi connectivity index (χ4n) is 2.41. The van der Waals surface area contributed by atoms with Gasteiger partial charge >= 0.3 is 0 Å². The smallest absolute Gasteiger partial charge is 0.240 e. The van der Waals surface area contributed by atoms with Gasteiger partial charge in [0.05, 0.1) is 6.04 Å². The van der Waals surface area contributed by atoms with Gasteiger partial charge in [0.1, 0.15) is 5.82 Å². The van der Waals surface area contributed by atoms with Crippen LogP contribution in [0.5, 0.6) is 0 Å². The Morgan fingerprint density at radius 1 is 1.40 bits per heavy atom. The molecule has 0 saturated carbocycles. The number of nitrogens with one attached hydrogen (secondary N) is 1. The summed E-state index contributed by atoms with van der Waals surface area (Å²) in [7, 11) is 0. The van der Waals surface area contributed by atoms with Crippen molar-refractivity contribution in [1.82, 2.24) is 19.6 Å². The lowest BCUT2D eigenvalue weighted by Gasteiger charge is -2.35. The molecule has 1 atom stereocenters. The summed E-state index contributed by atoms with van der Waals surface area (Å²) >= 11 is 3.25. The quantitative estimate of drug-likeness (QED) is 0.872. The van der Waals surface area contributed by atoms with Gasteiger partial charge in [0.15, 0.2) is 0 Å². The number of nitrogens with zero attached hydrogens (tertiary/aromatic N) is 4. The summed E-state index contributed by atoms with van der Waals surface area (Å²) in [5.41, 5.74) is 0. The van der Waals surface area contributed by atoms with Crippen molar-refractivity contribution in [3.63, 3.8) is 0 Å². The minimum Gasteiger partial charge on any atom is -0.343 e. The maximum absolute atomic E-state index is 12.3. The zero-order valence-corrected chi connectivity index (χ0v) is 13.2. The Labute approximate surface area is 127 Å². The second kappa shape index (κ2) is 6.28. The maximum Gasteiger partial charge on any atom is 0.240 e. The van der Waals surface area contributed by atoms with Crippen LogP contribution in [0.4, 0.5) is 5.13 Å². The Bertz CT molecular complexity index is 466. The number of hydrogen-bond donors (Lipinski definition) is 1. The van der Waals surface area contributed by atoms with E-state index in [0.29, 0.717) is 0 Å². The summed E-state index contributed by atoms with van der Waals surface area (Å²) < 4.78 is 4.32. The van der Waals surface area contributed by atoms with E-state index in [2.05, 4.69) is 26.5 Å². The van der Waals surface area contributed by atoms with E-state index in [1.165, 1.54) is 11.5 Å². The van der Waals surface area contributed by atoms with Crippen LogP contribution in [0.2, 0.25) is 0 Å². The van der Waals surface area contributed by atoms with Crippen LogP contribution in [0.1, 0.15) is 12.7 Å². The number of piperazine rings is 1. The van der Waals surface area contributed by atoms with Gasteiger partial charge in [-0.1, -0.05) is 6.92 Å². The number of hydrogen-bond acceptors (Lipinski definition) is 7. The van der Waals surface area contributed by atoms with E-state index in [0.717, 1.165) is 55.2 Å². The Hall–Kier alpha value is -0.860. The summed E-state index contributed by atoms with van der Waals surface area (Å²) in [4.78, 5) is 21.0. The van der Waals surface area contributed by atoms with Gasteiger partial charge in [-0.25, -0.2) is 4.98 Å². The van der Waals surface area contributed by atoms with Gasteiger partial charge in [-0.2, -0.15) is 4.37 Å². The molecule has 8 heteroatoms. The van der Waals surface area contributed by atoms with Crippen LogP contribution in [0.15, 0.2) is 0 Å². The molecule has 2 aliphatic heterocycles. The molecule has 1 N–H and O–H groups in total. The molecular formula is C12H19N5OS2. The fraction of sp³-hybridized carbons (Fsp3) is 0.750. The highest BCUT2D eigenvalue weighted by molar-refractivity contribution is 7.99. The fourth-order valence-corrected chi connectivity index (χ4v) is 4.14. The monoisotopic (exact) mass is 313 g/mol. The SMILES string of the molecule is CCc1nsc(N2CCN(C(=O)C3CSCN3)CC2)n1. The van der Waals surface area contributed by atoms with E-state index in [4.69, 9.17) is 0 Å². The van der Waals surface area contributed by atoms with Crippen LogP contribution >= 0.6 is 23.3 Å². The van der Waals surface area contributed by atoms with Crippen LogP contribution in [0, 0.1) is 0 Å². The molecule has 1 unspecified atom stereocenters. The molecule has 3 rings (SSSR count). The van der Waals surface area contributed by atoms with E-state index < -0.39 is 0 Å². The van der Waals surface area contributed by atoms with Gasteiger partial charge in [0.2, 0.25) is 11.0 Å². The van der Waals surface area contributed by atoms with Crippen molar-refractivity contribution < 1.29 is 4.79 Å². The van der Waals surface area contributed by atoms with Gasteiger partial charge in [-0.15, -0.1) is 11.8 Å². The maximum atomic E-state index is 12.3. The van der Waals surface area contributed by atoms with E-state index in [-0.39, 0.29) is 11.9 Å². The Kier molecular flexibility index (Phi) is 4.42. The topological polar surface area (TPSA) is 61.4 Å². The van der Waals surface area contributed by atoms with Gasteiger partial charge in [-0.05, 0) is 0 Å². The van der Waals surface area contributed by atoms with Crippen LogP contribution in [-0.4, -0.2) is 64.0 Å². The largest absolute Gasteiger partial charge is 0.343 e. The van der Waals surface area contributed by atoms with Crippen molar-refractivity contribution in [2.24, 2.45) is 0 Å². The molecule has 2 aliphatic rings. The first-order valence-electron chi connectivity index (χ1n) is 6.95. The van der Waals surface area contributed by atoms with E-state index in [1.54, 1.807) is 11.8 Å². The van der Waals surface area contributed by atoms with E-state index in [1.807, 2.05) is 4.90 Å². The highest BCUT2D eigenvalue weighted by Crippen LogP contribution is 2.20. The summed E-state index contributed by atoms with van der Waals surface area (Å²) in [5.74, 6) is 2.95. The van der Waals surface area contributed by atoms with Crippen LogP contribution < -0.4 is 10.2 Å². The van der Waals surface area contributed by atoms with Crippen molar-refractivity contribution in [3.8, 4) is 0 Å². The number of rotatable bonds is 3. The Morgan fingerprint density at radius 3 is 2.80 bits per heavy atom. The summed E-state index contributed by atoms with van der Waals surface area (Å²) in [6, 6.07) is 0.0137. The van der Waals surface area contributed by atoms with Gasteiger partial charge < -0.3 is 9.80 Å². The molecule has 0 aromatic carbocycles. The summed E-state index contributed by atoms with van der Waals surface area (Å²) in [5, 5.41) is 4.23. The molecule has 2 saturated heterocycles. The highest BCUT2D eigenvalue weighted by Gasteiger charge is 2.30. The number of aromatic nitrogens is 2. The number of thioether (sulfide) groups is 1. The van der Waals surface area contributed by atoms with E-state index >= 15 is 0 Å². The molecule has 3 heterocycles. The normalized spacial score (nSPS) is 23.4. The molecule has 0 aliphatic carbocycles. The molecule has 0 bridgehead atoms. The standard InChI is InChI=1S/C12H19N5OS2/c1-2-10-14-12(20-15-10)17-5-3-16(4-6-17)11(18)9-7-19-8-13-9/h9,13H,2-8H2,1H3. The second-order valence-corrected chi connectivity index (χ2v) is 6.69. The zero-order valence-electron chi connectivity index (χ0n) is 11.5. The van der Waals surface area contributed by atoms with Crippen molar-refractivity contribution in [1.29, 1.82) is 0 Å². The third kappa shape index (κ3) is 2.91. The van der Waals surface area contributed by atoms with Gasteiger partial charge in [-0.3, -0.25) is 10.1 Å². The molecule has 1 aromatic rings. The van der Waals surface area contributed by atoms with E-state index in [9.17, 15) is 4.79 Å². The number of carbonyl (C=O) groups is 1. The lowest BCUT2D eigenvalue weighted by Crippen LogP contribution is -2.53. The molecule has 0 radical (unpaired) electrons. The number of aryl methyl sites for hydroxylation is 1. The average Bonchev–Trinajstić information content (AvgIpc) is 3.18. The number of anilines is 1. The number of carbonyl (C=O) groups excluding carboxylic acids is 1. The Morgan fingerprint density at radius 2 is 2.20 bits per heavy atom. The molecule has 6 nitrogen and oxygen atoms in total. The predicted octanol–water partition coefficient (Wildman–Crippen LogP) is 0.412. The molecular weight excluding hydrogens is 294 g/mol.